The quantitative estimate of drug-likeness (QED) is 0.925. The molecule has 1 aromatic heterocycles. The van der Waals surface area contributed by atoms with Gasteiger partial charge in [0, 0.05) is 22.8 Å². The van der Waals surface area contributed by atoms with Gasteiger partial charge in [0.25, 0.3) is 0 Å². The summed E-state index contributed by atoms with van der Waals surface area (Å²) in [5.41, 5.74) is 7.65. The Labute approximate surface area is 129 Å². The third kappa shape index (κ3) is 1.53. The van der Waals surface area contributed by atoms with Gasteiger partial charge in [0.2, 0.25) is 5.91 Å². The van der Waals surface area contributed by atoms with Crippen molar-refractivity contribution in [2.24, 2.45) is 11.7 Å². The van der Waals surface area contributed by atoms with Crippen molar-refractivity contribution in [3.8, 4) is 0 Å². The molecule has 1 atom stereocenters. The van der Waals surface area contributed by atoms with Gasteiger partial charge in [-0.2, -0.15) is 0 Å². The predicted octanol–water partition coefficient (Wildman–Crippen LogP) is 2.54. The molecular weight excluding hydrogens is 274 g/mol. The Bertz CT molecular complexity index is 766. The summed E-state index contributed by atoms with van der Waals surface area (Å²) in [7, 11) is 0. The van der Waals surface area contributed by atoms with Crippen molar-refractivity contribution < 1.29 is 4.79 Å². The fourth-order valence-electron chi connectivity index (χ4n) is 5.06. The van der Waals surface area contributed by atoms with E-state index in [0.717, 1.165) is 5.92 Å². The fraction of sp³-hybridized carbons (Fsp3) is 0.500. The molecular formula is C18H21N3O. The lowest BCUT2D eigenvalue weighted by molar-refractivity contribution is -0.0174. The smallest absolute Gasteiger partial charge is 0.248 e. The van der Waals surface area contributed by atoms with Crippen LogP contribution in [0.15, 0.2) is 30.5 Å². The number of primary amides is 1. The second-order valence-electron chi connectivity index (χ2n) is 7.23. The maximum absolute atomic E-state index is 11.5. The number of carbonyl (C=O) groups excluding carboxylic acids is 1. The first-order chi connectivity index (χ1) is 10.7. The van der Waals surface area contributed by atoms with Gasteiger partial charge in [0.15, 0.2) is 0 Å². The van der Waals surface area contributed by atoms with Gasteiger partial charge < -0.3 is 10.3 Å². The Morgan fingerprint density at radius 3 is 2.64 bits per heavy atom. The molecule has 1 aromatic carbocycles. The minimum absolute atomic E-state index is 0.343. The Balaban J connectivity index is 1.67. The summed E-state index contributed by atoms with van der Waals surface area (Å²) < 4.78 is 2.45. The minimum atomic E-state index is -0.343. The van der Waals surface area contributed by atoms with Gasteiger partial charge in [0.05, 0.1) is 6.04 Å². The second-order valence-corrected chi connectivity index (χ2v) is 7.23. The fourth-order valence-corrected chi connectivity index (χ4v) is 5.06. The van der Waals surface area contributed by atoms with Crippen molar-refractivity contribution in [1.82, 2.24) is 9.47 Å². The summed E-state index contributed by atoms with van der Waals surface area (Å²) in [6.07, 6.45) is 7.48. The molecule has 1 spiro atoms. The normalized spacial score (nSPS) is 31.7. The number of nitrogens with zero attached hydrogens (tertiary/aromatic N) is 2. The van der Waals surface area contributed by atoms with Gasteiger partial charge in [-0.05, 0) is 68.3 Å². The molecule has 0 unspecified atom stereocenters. The predicted molar refractivity (Wildman–Crippen MR) is 85.8 cm³/mol. The standard InChI is InChI=1S/C18H21N3O/c19-17(22)14-2-1-12-5-10-21(15(12)11-14)16-13-3-8-20(9-4-13)18(16)6-7-18/h1-2,5,10-11,13,16H,3-4,6-9H2,(H2,19,22)/t16-/m1/s1. The average molecular weight is 295 g/mol. The number of fused-ring (bicyclic) bond motifs is 3. The molecule has 3 aliphatic heterocycles. The highest BCUT2D eigenvalue weighted by atomic mass is 16.1. The minimum Gasteiger partial charge on any atom is -0.366 e. The molecule has 1 amide bonds. The highest BCUT2D eigenvalue weighted by Gasteiger charge is 2.61. The maximum atomic E-state index is 11.5. The maximum Gasteiger partial charge on any atom is 0.248 e. The van der Waals surface area contributed by atoms with Gasteiger partial charge in [-0.1, -0.05) is 6.07 Å². The van der Waals surface area contributed by atoms with Crippen LogP contribution in [0.25, 0.3) is 10.9 Å². The van der Waals surface area contributed by atoms with Gasteiger partial charge in [0.1, 0.15) is 0 Å². The Morgan fingerprint density at radius 1 is 1.18 bits per heavy atom. The Kier molecular flexibility index (Phi) is 2.39. The van der Waals surface area contributed by atoms with Crippen LogP contribution in [0.3, 0.4) is 0 Å². The first-order valence-electron chi connectivity index (χ1n) is 8.34. The molecule has 2 N–H and O–H groups in total. The zero-order valence-electron chi connectivity index (χ0n) is 12.7. The molecule has 6 rings (SSSR count). The summed E-state index contributed by atoms with van der Waals surface area (Å²) in [5, 5.41) is 1.21. The SMILES string of the molecule is NC(=O)c1ccc2ccn([C@@H]3C4CCN(CC4)C34CC4)c2c1. The van der Waals surface area contributed by atoms with Crippen LogP contribution in [-0.2, 0) is 0 Å². The van der Waals surface area contributed by atoms with E-state index in [0.29, 0.717) is 17.1 Å². The van der Waals surface area contributed by atoms with E-state index in [1.54, 1.807) is 0 Å². The summed E-state index contributed by atoms with van der Waals surface area (Å²) in [5.74, 6) is 0.435. The highest BCUT2D eigenvalue weighted by Crippen LogP contribution is 2.60. The topological polar surface area (TPSA) is 51.3 Å². The van der Waals surface area contributed by atoms with Gasteiger partial charge in [-0.3, -0.25) is 9.69 Å². The molecule has 22 heavy (non-hydrogen) atoms. The first kappa shape index (κ1) is 12.7. The molecule has 4 fully saturated rings. The van der Waals surface area contributed by atoms with Crippen LogP contribution in [0.4, 0.5) is 0 Å². The second kappa shape index (κ2) is 4.13. The van der Waals surface area contributed by atoms with E-state index >= 15 is 0 Å². The molecule has 4 heterocycles. The number of hydrogen-bond acceptors (Lipinski definition) is 2. The van der Waals surface area contributed by atoms with E-state index in [1.807, 2.05) is 18.2 Å². The molecule has 4 aliphatic rings. The van der Waals surface area contributed by atoms with E-state index in [1.165, 1.54) is 49.7 Å². The number of hydrogen-bond donors (Lipinski definition) is 1. The van der Waals surface area contributed by atoms with E-state index in [4.69, 9.17) is 5.73 Å². The summed E-state index contributed by atoms with van der Waals surface area (Å²) >= 11 is 0. The zero-order chi connectivity index (χ0) is 14.9. The number of piperidine rings is 3. The Hall–Kier alpha value is -1.81. The van der Waals surface area contributed by atoms with Crippen molar-refractivity contribution in [1.29, 1.82) is 0 Å². The molecule has 4 nitrogen and oxygen atoms in total. The summed E-state index contributed by atoms with van der Waals surface area (Å²) in [6, 6.07) is 8.57. The van der Waals surface area contributed by atoms with Crippen LogP contribution in [0.1, 0.15) is 42.1 Å². The first-order valence-corrected chi connectivity index (χ1v) is 8.34. The molecule has 1 saturated carbocycles. The number of aromatic nitrogens is 1. The molecule has 3 saturated heterocycles. The lowest BCUT2D eigenvalue weighted by Crippen LogP contribution is -2.57. The van der Waals surface area contributed by atoms with E-state index in [2.05, 4.69) is 21.7 Å². The van der Waals surface area contributed by atoms with Crippen LogP contribution in [-0.4, -0.2) is 34.0 Å². The molecule has 0 radical (unpaired) electrons. The van der Waals surface area contributed by atoms with E-state index < -0.39 is 0 Å². The molecule has 4 heteroatoms. The van der Waals surface area contributed by atoms with Crippen LogP contribution in [0.5, 0.6) is 0 Å². The van der Waals surface area contributed by atoms with Crippen molar-refractivity contribution in [2.45, 2.75) is 37.3 Å². The average Bonchev–Trinajstić information content (AvgIpc) is 3.19. The number of carbonyl (C=O) groups is 1. The van der Waals surface area contributed by atoms with Crippen molar-refractivity contribution >= 4 is 16.8 Å². The van der Waals surface area contributed by atoms with Crippen LogP contribution < -0.4 is 5.73 Å². The lowest BCUT2D eigenvalue weighted by atomic mass is 9.76. The number of nitrogens with two attached hydrogens (primary N) is 1. The molecule has 2 aromatic rings. The molecule has 1 aliphatic carbocycles. The molecule has 114 valence electrons. The number of amides is 1. The third-order valence-corrected chi connectivity index (χ3v) is 6.24. The van der Waals surface area contributed by atoms with Gasteiger partial charge in [-0.15, -0.1) is 0 Å². The number of benzene rings is 1. The largest absolute Gasteiger partial charge is 0.366 e. The number of rotatable bonds is 2. The Morgan fingerprint density at radius 2 is 1.95 bits per heavy atom. The highest BCUT2D eigenvalue weighted by molar-refractivity contribution is 5.97. The van der Waals surface area contributed by atoms with Gasteiger partial charge >= 0.3 is 0 Å². The van der Waals surface area contributed by atoms with Crippen LogP contribution >= 0.6 is 0 Å². The monoisotopic (exact) mass is 295 g/mol. The van der Waals surface area contributed by atoms with Gasteiger partial charge in [-0.25, -0.2) is 0 Å². The van der Waals surface area contributed by atoms with Crippen molar-refractivity contribution in [2.75, 3.05) is 13.1 Å². The summed E-state index contributed by atoms with van der Waals surface area (Å²) in [6.45, 7) is 2.54. The van der Waals surface area contributed by atoms with Crippen molar-refractivity contribution in [3.05, 3.63) is 36.0 Å². The van der Waals surface area contributed by atoms with Crippen molar-refractivity contribution in [3.63, 3.8) is 0 Å². The zero-order valence-corrected chi connectivity index (χ0v) is 12.7. The molecule has 2 bridgehead atoms. The third-order valence-electron chi connectivity index (χ3n) is 6.24. The van der Waals surface area contributed by atoms with Crippen LogP contribution in [0.2, 0.25) is 0 Å². The van der Waals surface area contributed by atoms with Crippen LogP contribution in [0, 0.1) is 5.92 Å². The lowest BCUT2D eigenvalue weighted by Gasteiger charge is -2.52. The van der Waals surface area contributed by atoms with E-state index in [-0.39, 0.29) is 5.91 Å². The summed E-state index contributed by atoms with van der Waals surface area (Å²) in [4.78, 5) is 14.2. The van der Waals surface area contributed by atoms with E-state index in [9.17, 15) is 4.79 Å².